The van der Waals surface area contributed by atoms with E-state index >= 15 is 0 Å². The lowest BCUT2D eigenvalue weighted by atomic mass is 10.00. The van der Waals surface area contributed by atoms with Crippen LogP contribution >= 0.6 is 15.9 Å². The Bertz CT molecular complexity index is 712. The summed E-state index contributed by atoms with van der Waals surface area (Å²) in [5, 5.41) is 10.6. The van der Waals surface area contributed by atoms with Crippen molar-refractivity contribution in [3.05, 3.63) is 74.2 Å². The lowest BCUT2D eigenvalue weighted by molar-refractivity contribution is -0.384. The van der Waals surface area contributed by atoms with Gasteiger partial charge in [-0.25, -0.2) is 4.79 Å². The van der Waals surface area contributed by atoms with Crippen LogP contribution in [0.25, 0.3) is 0 Å². The zero-order chi connectivity index (χ0) is 16.8. The minimum Gasteiger partial charge on any atom is -0.441 e. The van der Waals surface area contributed by atoms with Gasteiger partial charge < -0.3 is 4.74 Å². The standard InChI is InChI=1S/C16H11BrNO5/c17-13-5-3-12(4-6-13)16(23-10-19)15(20)9-11-1-7-14(8-2-11)18(21)22/h1-8,16H,9H2. The summed E-state index contributed by atoms with van der Waals surface area (Å²) in [6.07, 6.45) is -1.07. The zero-order valence-corrected chi connectivity index (χ0v) is 13.4. The largest absolute Gasteiger partial charge is 0.441 e. The van der Waals surface area contributed by atoms with E-state index in [1.54, 1.807) is 24.3 Å². The summed E-state index contributed by atoms with van der Waals surface area (Å²) in [4.78, 5) is 33.0. The maximum atomic E-state index is 12.4. The molecule has 0 fully saturated rings. The highest BCUT2D eigenvalue weighted by Crippen LogP contribution is 2.22. The second kappa shape index (κ2) is 7.64. The van der Waals surface area contributed by atoms with Crippen LogP contribution in [0.1, 0.15) is 17.2 Å². The van der Waals surface area contributed by atoms with Crippen molar-refractivity contribution in [1.82, 2.24) is 0 Å². The van der Waals surface area contributed by atoms with E-state index in [1.165, 1.54) is 30.7 Å². The third-order valence-electron chi connectivity index (χ3n) is 3.16. The number of ketones is 1. The van der Waals surface area contributed by atoms with Crippen LogP contribution in [0.3, 0.4) is 0 Å². The summed E-state index contributed by atoms with van der Waals surface area (Å²) in [5.41, 5.74) is 1.07. The molecule has 0 aliphatic heterocycles. The number of hydrogen-bond acceptors (Lipinski definition) is 5. The fourth-order valence-corrected chi connectivity index (χ4v) is 2.30. The van der Waals surface area contributed by atoms with E-state index in [9.17, 15) is 19.7 Å². The second-order valence-corrected chi connectivity index (χ2v) is 5.62. The molecule has 2 rings (SSSR count). The number of nitro groups is 1. The molecule has 0 amide bonds. The van der Waals surface area contributed by atoms with Gasteiger partial charge in [0.2, 0.25) is 0 Å². The fourth-order valence-electron chi connectivity index (χ4n) is 2.03. The van der Waals surface area contributed by atoms with Gasteiger partial charge in [-0.1, -0.05) is 40.2 Å². The molecule has 117 valence electrons. The molecule has 0 aromatic heterocycles. The number of ether oxygens (including phenoxy) is 1. The molecule has 0 saturated heterocycles. The lowest BCUT2D eigenvalue weighted by Crippen LogP contribution is -2.17. The van der Waals surface area contributed by atoms with Gasteiger partial charge in [0.05, 0.1) is 4.92 Å². The number of nitrogens with zero attached hydrogens (tertiary/aromatic N) is 1. The van der Waals surface area contributed by atoms with Crippen molar-refractivity contribution in [2.24, 2.45) is 0 Å². The first-order chi connectivity index (χ1) is 11.0. The van der Waals surface area contributed by atoms with Crippen LogP contribution in [-0.2, 0) is 20.7 Å². The van der Waals surface area contributed by atoms with E-state index in [0.717, 1.165) is 4.47 Å². The van der Waals surface area contributed by atoms with Crippen molar-refractivity contribution in [3.63, 3.8) is 0 Å². The third kappa shape index (κ3) is 4.46. The molecule has 23 heavy (non-hydrogen) atoms. The highest BCUT2D eigenvalue weighted by Gasteiger charge is 2.22. The second-order valence-electron chi connectivity index (χ2n) is 4.70. The average molecular weight is 377 g/mol. The first-order valence-electron chi connectivity index (χ1n) is 6.55. The maximum Gasteiger partial charge on any atom is 0.418 e. The van der Waals surface area contributed by atoms with Gasteiger partial charge in [-0.3, -0.25) is 14.9 Å². The summed E-state index contributed by atoms with van der Waals surface area (Å²) in [6.45, 7) is 1.30. The molecule has 0 aliphatic carbocycles. The smallest absolute Gasteiger partial charge is 0.418 e. The number of carbonyl (C=O) groups is 1. The topological polar surface area (TPSA) is 86.5 Å². The van der Waals surface area contributed by atoms with Crippen LogP contribution in [0, 0.1) is 10.1 Å². The van der Waals surface area contributed by atoms with E-state index in [-0.39, 0.29) is 17.9 Å². The SMILES string of the molecule is O=[C]OC(C(=O)Cc1ccc([N+](=O)[O-])cc1)c1ccc(Br)cc1. The Morgan fingerprint density at radius 3 is 2.30 bits per heavy atom. The van der Waals surface area contributed by atoms with E-state index in [1.807, 2.05) is 0 Å². The number of benzene rings is 2. The van der Waals surface area contributed by atoms with Crippen molar-refractivity contribution < 1.29 is 19.2 Å². The van der Waals surface area contributed by atoms with Gasteiger partial charge in [-0.2, -0.15) is 0 Å². The molecule has 2 aromatic rings. The number of non-ortho nitro benzene ring substituents is 1. The van der Waals surface area contributed by atoms with E-state index in [2.05, 4.69) is 15.9 Å². The summed E-state index contributed by atoms with van der Waals surface area (Å²) in [6, 6.07) is 12.4. The van der Waals surface area contributed by atoms with Crippen LogP contribution < -0.4 is 0 Å². The summed E-state index contributed by atoms with van der Waals surface area (Å²) < 4.78 is 5.62. The van der Waals surface area contributed by atoms with Crippen molar-refractivity contribution in [3.8, 4) is 0 Å². The number of Topliss-reactive ketones (excluding diaryl/α,β-unsaturated/α-hetero) is 1. The van der Waals surface area contributed by atoms with Crippen LogP contribution in [0.2, 0.25) is 0 Å². The minimum absolute atomic E-state index is 0.0135. The highest BCUT2D eigenvalue weighted by molar-refractivity contribution is 9.10. The molecule has 0 heterocycles. The molecule has 0 N–H and O–H groups in total. The number of hydrogen-bond donors (Lipinski definition) is 0. The number of carbonyl (C=O) groups excluding carboxylic acids is 2. The van der Waals surface area contributed by atoms with Crippen molar-refractivity contribution in [2.75, 3.05) is 0 Å². The maximum absolute atomic E-state index is 12.4. The van der Waals surface area contributed by atoms with Crippen LogP contribution in [0.15, 0.2) is 53.0 Å². The molecular weight excluding hydrogens is 366 g/mol. The van der Waals surface area contributed by atoms with Crippen LogP contribution in [0.4, 0.5) is 5.69 Å². The van der Waals surface area contributed by atoms with E-state index < -0.39 is 11.0 Å². The number of nitro benzene ring substituents is 1. The molecule has 2 aromatic carbocycles. The fraction of sp³-hybridized carbons (Fsp3) is 0.125. The Kier molecular flexibility index (Phi) is 5.59. The van der Waals surface area contributed by atoms with Crippen molar-refractivity contribution >= 4 is 33.9 Å². The molecule has 1 radical (unpaired) electrons. The molecule has 7 heteroatoms. The van der Waals surface area contributed by atoms with Crippen molar-refractivity contribution in [1.29, 1.82) is 0 Å². The summed E-state index contributed by atoms with van der Waals surface area (Å²) in [5.74, 6) is -0.343. The van der Waals surface area contributed by atoms with Gasteiger partial charge in [0.1, 0.15) is 0 Å². The Morgan fingerprint density at radius 1 is 1.17 bits per heavy atom. The molecule has 0 bridgehead atoms. The number of halogens is 1. The predicted octanol–water partition coefficient (Wildman–Crippen LogP) is 3.29. The van der Waals surface area contributed by atoms with Crippen LogP contribution in [-0.4, -0.2) is 17.2 Å². The van der Waals surface area contributed by atoms with Crippen LogP contribution in [0.5, 0.6) is 0 Å². The van der Waals surface area contributed by atoms with Gasteiger partial charge in [0.25, 0.3) is 5.69 Å². The molecular formula is C16H11BrNO5. The first kappa shape index (κ1) is 16.8. The zero-order valence-electron chi connectivity index (χ0n) is 11.8. The van der Waals surface area contributed by atoms with Gasteiger partial charge in [-0.05, 0) is 17.7 Å². The number of rotatable bonds is 7. The van der Waals surface area contributed by atoms with E-state index in [4.69, 9.17) is 4.74 Å². The van der Waals surface area contributed by atoms with E-state index in [0.29, 0.717) is 11.1 Å². The summed E-state index contributed by atoms with van der Waals surface area (Å²) in [7, 11) is 0. The molecule has 6 nitrogen and oxygen atoms in total. The third-order valence-corrected chi connectivity index (χ3v) is 3.69. The molecule has 0 aliphatic rings. The van der Waals surface area contributed by atoms with Gasteiger partial charge in [-0.15, -0.1) is 0 Å². The Labute approximate surface area is 140 Å². The Morgan fingerprint density at radius 2 is 1.78 bits per heavy atom. The summed E-state index contributed by atoms with van der Waals surface area (Å²) >= 11 is 3.28. The van der Waals surface area contributed by atoms with Gasteiger partial charge >= 0.3 is 6.47 Å². The molecule has 0 spiro atoms. The Balaban J connectivity index is 2.16. The Hall–Kier alpha value is -2.54. The highest BCUT2D eigenvalue weighted by atomic mass is 79.9. The molecule has 0 saturated carbocycles. The quantitative estimate of drug-likeness (QED) is 0.546. The first-order valence-corrected chi connectivity index (χ1v) is 7.35. The van der Waals surface area contributed by atoms with Gasteiger partial charge in [0.15, 0.2) is 11.9 Å². The molecule has 1 unspecified atom stereocenters. The monoisotopic (exact) mass is 376 g/mol. The lowest BCUT2D eigenvalue weighted by Gasteiger charge is -2.14. The van der Waals surface area contributed by atoms with Gasteiger partial charge in [0, 0.05) is 28.6 Å². The van der Waals surface area contributed by atoms with Crippen molar-refractivity contribution in [2.45, 2.75) is 12.5 Å². The average Bonchev–Trinajstić information content (AvgIpc) is 2.54. The predicted molar refractivity (Wildman–Crippen MR) is 85.5 cm³/mol. The minimum atomic E-state index is -1.06. The molecule has 1 atom stereocenters. The normalized spacial score (nSPS) is 11.5.